The third kappa shape index (κ3) is 2.49. The monoisotopic (exact) mass is 252 g/mol. The molecule has 0 atom stereocenters. The zero-order chi connectivity index (χ0) is 13.3. The van der Waals surface area contributed by atoms with E-state index in [2.05, 4.69) is 18.7 Å². The maximum Gasteiger partial charge on any atom is 0.131 e. The van der Waals surface area contributed by atoms with Gasteiger partial charge in [0, 0.05) is 36.8 Å². The fourth-order valence-electron chi connectivity index (χ4n) is 2.29. The molecule has 3 nitrogen and oxygen atoms in total. The van der Waals surface area contributed by atoms with Crippen LogP contribution in [0.1, 0.15) is 19.4 Å². The Kier molecular flexibility index (Phi) is 3.59. The fraction of sp³-hybridized carbons (Fsp3) is 0.571. The molecule has 0 saturated carbocycles. The molecule has 1 aromatic rings. The second kappa shape index (κ2) is 4.86. The summed E-state index contributed by atoms with van der Waals surface area (Å²) in [5, 5.41) is 0. The summed E-state index contributed by atoms with van der Waals surface area (Å²) in [4.78, 5) is 2.17. The van der Waals surface area contributed by atoms with Crippen molar-refractivity contribution in [2.24, 2.45) is 11.7 Å². The molecule has 1 aliphatic heterocycles. The Hall–Kier alpha value is -1.13. The molecule has 1 heterocycles. The fourth-order valence-corrected chi connectivity index (χ4v) is 2.29. The standard InChI is InChI=1S/C14H21FN2O/c1-10(2)14(16)8-17(9-14)7-11-4-5-12(18-3)6-13(11)15/h4-6,10H,7-9,16H2,1-3H3. The van der Waals surface area contributed by atoms with E-state index >= 15 is 0 Å². The van der Waals surface area contributed by atoms with Gasteiger partial charge in [0.15, 0.2) is 0 Å². The third-order valence-electron chi connectivity index (χ3n) is 3.84. The van der Waals surface area contributed by atoms with Gasteiger partial charge in [-0.15, -0.1) is 0 Å². The number of hydrogen-bond donors (Lipinski definition) is 1. The van der Waals surface area contributed by atoms with Crippen molar-refractivity contribution in [1.82, 2.24) is 4.90 Å². The summed E-state index contributed by atoms with van der Waals surface area (Å²) in [6.07, 6.45) is 0. The summed E-state index contributed by atoms with van der Waals surface area (Å²) in [7, 11) is 1.54. The first kappa shape index (κ1) is 13.3. The minimum absolute atomic E-state index is 0.108. The minimum atomic E-state index is -0.214. The van der Waals surface area contributed by atoms with Crippen LogP contribution in [0.2, 0.25) is 0 Å². The predicted molar refractivity (Wildman–Crippen MR) is 70.0 cm³/mol. The van der Waals surface area contributed by atoms with Gasteiger partial charge in [-0.1, -0.05) is 19.9 Å². The van der Waals surface area contributed by atoms with Gasteiger partial charge in [-0.25, -0.2) is 4.39 Å². The largest absolute Gasteiger partial charge is 0.497 e. The molecule has 2 N–H and O–H groups in total. The number of nitrogens with zero attached hydrogens (tertiary/aromatic N) is 1. The summed E-state index contributed by atoms with van der Waals surface area (Å²) >= 11 is 0. The van der Waals surface area contributed by atoms with Crippen LogP contribution in [-0.4, -0.2) is 30.6 Å². The van der Waals surface area contributed by atoms with Gasteiger partial charge in [0.25, 0.3) is 0 Å². The zero-order valence-electron chi connectivity index (χ0n) is 11.2. The second-order valence-electron chi connectivity index (χ2n) is 5.49. The van der Waals surface area contributed by atoms with Crippen LogP contribution in [-0.2, 0) is 6.54 Å². The number of likely N-dealkylation sites (tertiary alicyclic amines) is 1. The third-order valence-corrected chi connectivity index (χ3v) is 3.84. The lowest BCUT2D eigenvalue weighted by molar-refractivity contribution is 0.0305. The average Bonchev–Trinajstić information content (AvgIpc) is 2.28. The van der Waals surface area contributed by atoms with Crippen LogP contribution in [0, 0.1) is 11.7 Å². The molecule has 1 aliphatic rings. The van der Waals surface area contributed by atoms with Crippen LogP contribution < -0.4 is 10.5 Å². The molecule has 0 unspecified atom stereocenters. The predicted octanol–water partition coefficient (Wildman–Crippen LogP) is 2.00. The topological polar surface area (TPSA) is 38.5 Å². The Morgan fingerprint density at radius 2 is 2.11 bits per heavy atom. The molecule has 0 aromatic heterocycles. The maximum absolute atomic E-state index is 13.8. The van der Waals surface area contributed by atoms with E-state index in [0.29, 0.717) is 23.8 Å². The molecule has 0 amide bonds. The van der Waals surface area contributed by atoms with Gasteiger partial charge >= 0.3 is 0 Å². The van der Waals surface area contributed by atoms with Crippen molar-refractivity contribution in [2.45, 2.75) is 25.9 Å². The lowest BCUT2D eigenvalue weighted by Crippen LogP contribution is -2.69. The Morgan fingerprint density at radius 3 is 2.61 bits per heavy atom. The second-order valence-corrected chi connectivity index (χ2v) is 5.49. The molecule has 0 spiro atoms. The van der Waals surface area contributed by atoms with Crippen LogP contribution >= 0.6 is 0 Å². The van der Waals surface area contributed by atoms with E-state index in [4.69, 9.17) is 10.5 Å². The van der Waals surface area contributed by atoms with Crippen LogP contribution in [0.3, 0.4) is 0 Å². The highest BCUT2D eigenvalue weighted by Crippen LogP contribution is 2.28. The first-order valence-electron chi connectivity index (χ1n) is 6.28. The molecule has 100 valence electrons. The van der Waals surface area contributed by atoms with Gasteiger partial charge in [-0.3, -0.25) is 4.90 Å². The van der Waals surface area contributed by atoms with E-state index in [9.17, 15) is 4.39 Å². The molecule has 18 heavy (non-hydrogen) atoms. The Morgan fingerprint density at radius 1 is 1.44 bits per heavy atom. The van der Waals surface area contributed by atoms with E-state index in [1.54, 1.807) is 12.1 Å². The van der Waals surface area contributed by atoms with Gasteiger partial charge in [-0.05, 0) is 12.0 Å². The Bertz CT molecular complexity index is 428. The van der Waals surface area contributed by atoms with Gasteiger partial charge < -0.3 is 10.5 Å². The van der Waals surface area contributed by atoms with Gasteiger partial charge in [0.1, 0.15) is 11.6 Å². The number of hydrogen-bond acceptors (Lipinski definition) is 3. The van der Waals surface area contributed by atoms with Crippen molar-refractivity contribution in [3.8, 4) is 5.75 Å². The Labute approximate surface area is 108 Å². The van der Waals surface area contributed by atoms with Gasteiger partial charge in [0.05, 0.1) is 7.11 Å². The lowest BCUT2D eigenvalue weighted by atomic mass is 9.80. The summed E-state index contributed by atoms with van der Waals surface area (Å²) in [5.74, 6) is 0.790. The molecule has 1 saturated heterocycles. The van der Waals surface area contributed by atoms with Crippen LogP contribution in [0.5, 0.6) is 5.75 Å². The van der Waals surface area contributed by atoms with Crippen molar-refractivity contribution in [2.75, 3.05) is 20.2 Å². The first-order valence-corrected chi connectivity index (χ1v) is 6.28. The lowest BCUT2D eigenvalue weighted by Gasteiger charge is -2.50. The van der Waals surface area contributed by atoms with Crippen molar-refractivity contribution in [1.29, 1.82) is 0 Å². The van der Waals surface area contributed by atoms with E-state index in [1.165, 1.54) is 13.2 Å². The molecule has 2 rings (SSSR count). The highest BCUT2D eigenvalue weighted by Gasteiger charge is 2.41. The normalized spacial score (nSPS) is 18.8. The summed E-state index contributed by atoms with van der Waals surface area (Å²) in [6.45, 7) is 6.53. The van der Waals surface area contributed by atoms with E-state index in [-0.39, 0.29) is 11.4 Å². The maximum atomic E-state index is 13.8. The summed E-state index contributed by atoms with van der Waals surface area (Å²) < 4.78 is 18.8. The number of methoxy groups -OCH3 is 1. The van der Waals surface area contributed by atoms with E-state index in [0.717, 1.165) is 13.1 Å². The van der Waals surface area contributed by atoms with E-state index < -0.39 is 0 Å². The van der Waals surface area contributed by atoms with Crippen molar-refractivity contribution in [3.63, 3.8) is 0 Å². The zero-order valence-corrected chi connectivity index (χ0v) is 11.2. The van der Waals surface area contributed by atoms with E-state index in [1.807, 2.05) is 0 Å². The molecule has 4 heteroatoms. The smallest absolute Gasteiger partial charge is 0.131 e. The summed E-state index contributed by atoms with van der Waals surface area (Å²) in [6, 6.07) is 4.99. The number of ether oxygens (including phenoxy) is 1. The first-order chi connectivity index (χ1) is 8.44. The van der Waals surface area contributed by atoms with Gasteiger partial charge in [-0.2, -0.15) is 0 Å². The molecular formula is C14H21FN2O. The highest BCUT2D eigenvalue weighted by molar-refractivity contribution is 5.29. The minimum Gasteiger partial charge on any atom is -0.497 e. The number of nitrogens with two attached hydrogens (primary N) is 1. The molecule has 0 bridgehead atoms. The number of benzene rings is 1. The molecule has 1 fully saturated rings. The van der Waals surface area contributed by atoms with Crippen molar-refractivity contribution >= 4 is 0 Å². The highest BCUT2D eigenvalue weighted by atomic mass is 19.1. The molecule has 0 radical (unpaired) electrons. The summed E-state index contributed by atoms with van der Waals surface area (Å²) in [5.41, 5.74) is 6.81. The van der Waals surface area contributed by atoms with Crippen LogP contribution in [0.25, 0.3) is 0 Å². The van der Waals surface area contributed by atoms with Gasteiger partial charge in [0.2, 0.25) is 0 Å². The Balaban J connectivity index is 1.96. The van der Waals surface area contributed by atoms with Crippen LogP contribution in [0.15, 0.2) is 18.2 Å². The molecule has 1 aromatic carbocycles. The van der Waals surface area contributed by atoms with Crippen molar-refractivity contribution < 1.29 is 9.13 Å². The quantitative estimate of drug-likeness (QED) is 0.890. The van der Waals surface area contributed by atoms with Crippen molar-refractivity contribution in [3.05, 3.63) is 29.6 Å². The molecular weight excluding hydrogens is 231 g/mol. The van der Waals surface area contributed by atoms with Crippen LogP contribution in [0.4, 0.5) is 4.39 Å². The molecule has 0 aliphatic carbocycles. The number of rotatable bonds is 4. The number of halogens is 1. The average molecular weight is 252 g/mol. The SMILES string of the molecule is COc1ccc(CN2CC(N)(C(C)C)C2)c(F)c1.